The van der Waals surface area contributed by atoms with Gasteiger partial charge in [-0.1, -0.05) is 18.2 Å². The third kappa shape index (κ3) is 2.35. The molecule has 0 radical (unpaired) electrons. The summed E-state index contributed by atoms with van der Waals surface area (Å²) in [5.41, 5.74) is 1.76. The average Bonchev–Trinajstić information content (AvgIpc) is 2.68. The second-order valence-electron chi connectivity index (χ2n) is 3.00. The van der Waals surface area contributed by atoms with Crippen molar-refractivity contribution < 1.29 is 9.90 Å². The lowest BCUT2D eigenvalue weighted by Gasteiger charge is -2.01. The number of benzene rings is 1. The first-order valence-electron chi connectivity index (χ1n) is 4.39. The molecule has 2 rings (SSSR count). The Morgan fingerprint density at radius 3 is 2.53 bits per heavy atom. The Bertz CT molecular complexity index is 464. The van der Waals surface area contributed by atoms with E-state index in [9.17, 15) is 4.79 Å². The molecule has 3 nitrogen and oxygen atoms in total. The van der Waals surface area contributed by atoms with Gasteiger partial charge in [-0.3, -0.25) is 0 Å². The van der Waals surface area contributed by atoms with Gasteiger partial charge in [-0.25, -0.2) is 4.79 Å². The summed E-state index contributed by atoms with van der Waals surface area (Å²) >= 11 is 1.21. The van der Waals surface area contributed by atoms with E-state index in [0.717, 1.165) is 11.4 Å². The van der Waals surface area contributed by atoms with Gasteiger partial charge in [0.2, 0.25) is 0 Å². The standard InChI is InChI=1S/C11H9NO2S/c13-11(14)10-6-9(7-15-10)12-8-4-2-1-3-5-8/h1-7,12H,(H,13,14). The zero-order chi connectivity index (χ0) is 10.7. The Balaban J connectivity index is 2.15. The number of carbonyl (C=O) groups is 1. The molecule has 1 heterocycles. The van der Waals surface area contributed by atoms with Crippen LogP contribution in [0.5, 0.6) is 0 Å². The monoisotopic (exact) mass is 219 g/mol. The quantitative estimate of drug-likeness (QED) is 0.833. The first kappa shape index (κ1) is 9.73. The minimum Gasteiger partial charge on any atom is -0.477 e. The summed E-state index contributed by atoms with van der Waals surface area (Å²) in [6.45, 7) is 0. The minimum absolute atomic E-state index is 0.341. The molecule has 0 atom stereocenters. The van der Waals surface area contributed by atoms with Crippen LogP contribution in [0.1, 0.15) is 9.67 Å². The molecule has 1 aromatic carbocycles. The lowest BCUT2D eigenvalue weighted by molar-refractivity contribution is 0.0702. The summed E-state index contributed by atoms with van der Waals surface area (Å²) in [4.78, 5) is 11.0. The molecule has 0 fully saturated rings. The number of hydrogen-bond acceptors (Lipinski definition) is 3. The van der Waals surface area contributed by atoms with Gasteiger partial charge in [0.15, 0.2) is 0 Å². The van der Waals surface area contributed by atoms with Crippen LogP contribution in [0, 0.1) is 0 Å². The van der Waals surface area contributed by atoms with Gasteiger partial charge in [-0.15, -0.1) is 11.3 Å². The Labute approximate surface area is 91.0 Å². The Kier molecular flexibility index (Phi) is 2.69. The van der Waals surface area contributed by atoms with E-state index in [1.807, 2.05) is 30.3 Å². The minimum atomic E-state index is -0.888. The van der Waals surface area contributed by atoms with Crippen molar-refractivity contribution in [2.45, 2.75) is 0 Å². The fraction of sp³-hybridized carbons (Fsp3) is 0. The van der Waals surface area contributed by atoms with E-state index in [1.54, 1.807) is 11.4 Å². The zero-order valence-corrected chi connectivity index (χ0v) is 8.62. The van der Waals surface area contributed by atoms with Crippen LogP contribution in [0.3, 0.4) is 0 Å². The summed E-state index contributed by atoms with van der Waals surface area (Å²) < 4.78 is 0. The van der Waals surface area contributed by atoms with Crippen molar-refractivity contribution in [3.8, 4) is 0 Å². The first-order valence-corrected chi connectivity index (χ1v) is 5.27. The molecule has 0 aliphatic carbocycles. The number of carboxylic acids is 1. The van der Waals surface area contributed by atoms with Gasteiger partial charge in [-0.2, -0.15) is 0 Å². The van der Waals surface area contributed by atoms with Crippen LogP contribution in [-0.2, 0) is 0 Å². The number of para-hydroxylation sites is 1. The van der Waals surface area contributed by atoms with Gasteiger partial charge in [0.25, 0.3) is 0 Å². The van der Waals surface area contributed by atoms with Gasteiger partial charge in [0.1, 0.15) is 4.88 Å². The van der Waals surface area contributed by atoms with E-state index in [1.165, 1.54) is 11.3 Å². The molecule has 2 N–H and O–H groups in total. The molecular formula is C11H9NO2S. The van der Waals surface area contributed by atoms with Crippen LogP contribution in [0.4, 0.5) is 11.4 Å². The smallest absolute Gasteiger partial charge is 0.345 e. The summed E-state index contributed by atoms with van der Waals surface area (Å²) in [5, 5.41) is 13.7. The van der Waals surface area contributed by atoms with E-state index in [-0.39, 0.29) is 0 Å². The maximum Gasteiger partial charge on any atom is 0.345 e. The van der Waals surface area contributed by atoms with Crippen LogP contribution in [0.25, 0.3) is 0 Å². The van der Waals surface area contributed by atoms with Gasteiger partial charge in [0, 0.05) is 11.1 Å². The van der Waals surface area contributed by atoms with Crippen LogP contribution >= 0.6 is 11.3 Å². The zero-order valence-electron chi connectivity index (χ0n) is 7.81. The first-order chi connectivity index (χ1) is 7.25. The third-order valence-electron chi connectivity index (χ3n) is 1.87. The van der Waals surface area contributed by atoms with Crippen molar-refractivity contribution in [3.63, 3.8) is 0 Å². The Morgan fingerprint density at radius 1 is 1.20 bits per heavy atom. The molecule has 0 saturated carbocycles. The fourth-order valence-electron chi connectivity index (χ4n) is 1.20. The highest BCUT2D eigenvalue weighted by Crippen LogP contribution is 2.22. The average molecular weight is 219 g/mol. The van der Waals surface area contributed by atoms with Crippen LogP contribution in [0.15, 0.2) is 41.8 Å². The number of hydrogen-bond donors (Lipinski definition) is 2. The second-order valence-corrected chi connectivity index (χ2v) is 3.91. The van der Waals surface area contributed by atoms with Crippen molar-refractivity contribution in [2.24, 2.45) is 0 Å². The second kappa shape index (κ2) is 4.14. The number of thiophene rings is 1. The van der Waals surface area contributed by atoms with Gasteiger partial charge in [-0.05, 0) is 18.2 Å². The topological polar surface area (TPSA) is 49.3 Å². The molecule has 0 aliphatic rings. The summed E-state index contributed by atoms with van der Waals surface area (Å²) in [6.07, 6.45) is 0. The van der Waals surface area contributed by atoms with Crippen LogP contribution < -0.4 is 5.32 Å². The van der Waals surface area contributed by atoms with E-state index in [0.29, 0.717) is 4.88 Å². The van der Waals surface area contributed by atoms with Crippen molar-refractivity contribution in [1.82, 2.24) is 0 Å². The lowest BCUT2D eigenvalue weighted by atomic mass is 10.3. The summed E-state index contributed by atoms with van der Waals surface area (Å²) in [5.74, 6) is -0.888. The molecule has 0 bridgehead atoms. The summed E-state index contributed by atoms with van der Waals surface area (Å²) in [6, 6.07) is 11.3. The van der Waals surface area contributed by atoms with Crippen molar-refractivity contribution in [3.05, 3.63) is 46.7 Å². The Hall–Kier alpha value is -1.81. The largest absolute Gasteiger partial charge is 0.477 e. The van der Waals surface area contributed by atoms with Crippen LogP contribution in [0.2, 0.25) is 0 Å². The Morgan fingerprint density at radius 2 is 1.93 bits per heavy atom. The molecule has 0 amide bonds. The molecule has 0 spiro atoms. The number of carboxylic acid groups (broad SMARTS) is 1. The van der Waals surface area contributed by atoms with E-state index >= 15 is 0 Å². The molecule has 4 heteroatoms. The van der Waals surface area contributed by atoms with E-state index in [2.05, 4.69) is 5.32 Å². The maximum absolute atomic E-state index is 10.6. The number of rotatable bonds is 3. The van der Waals surface area contributed by atoms with Crippen molar-refractivity contribution in [2.75, 3.05) is 5.32 Å². The SMILES string of the molecule is O=C(O)c1cc(Nc2ccccc2)cs1. The maximum atomic E-state index is 10.6. The molecule has 0 saturated heterocycles. The van der Waals surface area contributed by atoms with Crippen LogP contribution in [-0.4, -0.2) is 11.1 Å². The molecule has 76 valence electrons. The highest BCUT2D eigenvalue weighted by molar-refractivity contribution is 7.12. The highest BCUT2D eigenvalue weighted by atomic mass is 32.1. The molecule has 2 aromatic rings. The van der Waals surface area contributed by atoms with Crippen molar-refractivity contribution >= 4 is 28.7 Å². The fourth-order valence-corrected chi connectivity index (χ4v) is 1.88. The number of anilines is 2. The van der Waals surface area contributed by atoms with E-state index < -0.39 is 5.97 Å². The molecule has 0 unspecified atom stereocenters. The van der Waals surface area contributed by atoms with E-state index in [4.69, 9.17) is 5.11 Å². The predicted molar refractivity (Wildman–Crippen MR) is 61.0 cm³/mol. The molecule has 15 heavy (non-hydrogen) atoms. The third-order valence-corrected chi connectivity index (χ3v) is 2.79. The van der Waals surface area contributed by atoms with Gasteiger partial charge < -0.3 is 10.4 Å². The number of aromatic carboxylic acids is 1. The van der Waals surface area contributed by atoms with Gasteiger partial charge in [0.05, 0.1) is 5.69 Å². The normalized spacial score (nSPS) is 9.87. The number of nitrogens with one attached hydrogen (secondary N) is 1. The predicted octanol–water partition coefficient (Wildman–Crippen LogP) is 3.19. The highest BCUT2D eigenvalue weighted by Gasteiger charge is 2.06. The van der Waals surface area contributed by atoms with Crippen molar-refractivity contribution in [1.29, 1.82) is 0 Å². The summed E-state index contributed by atoms with van der Waals surface area (Å²) in [7, 11) is 0. The van der Waals surface area contributed by atoms with Gasteiger partial charge >= 0.3 is 5.97 Å². The lowest BCUT2D eigenvalue weighted by Crippen LogP contribution is -1.91. The molecule has 0 aliphatic heterocycles. The molecule has 1 aromatic heterocycles. The molecular weight excluding hydrogens is 210 g/mol.